The van der Waals surface area contributed by atoms with Crippen LogP contribution in [-0.4, -0.2) is 65.4 Å². The molecule has 0 aliphatic carbocycles. The Morgan fingerprint density at radius 1 is 1.18 bits per heavy atom. The molecule has 2 fully saturated rings. The van der Waals surface area contributed by atoms with Gasteiger partial charge in [-0.15, -0.1) is 0 Å². The summed E-state index contributed by atoms with van der Waals surface area (Å²) in [5.41, 5.74) is 1.89. The predicted molar refractivity (Wildman–Crippen MR) is 119 cm³/mol. The Balaban J connectivity index is 1.67. The van der Waals surface area contributed by atoms with Gasteiger partial charge in [0.25, 0.3) is 5.91 Å². The molecule has 0 spiro atoms. The second-order valence-electron chi connectivity index (χ2n) is 7.57. The molecule has 0 radical (unpaired) electrons. The molecule has 1 N–H and O–H groups in total. The minimum Gasteiger partial charge on any atom is -0.357 e. The van der Waals surface area contributed by atoms with Gasteiger partial charge in [0.2, 0.25) is 0 Å². The third-order valence-electron chi connectivity index (χ3n) is 5.46. The van der Waals surface area contributed by atoms with E-state index in [1.165, 1.54) is 12.8 Å². The lowest BCUT2D eigenvalue weighted by atomic mass is 10.1. The molecule has 28 heavy (non-hydrogen) atoms. The van der Waals surface area contributed by atoms with Gasteiger partial charge >= 0.3 is 0 Å². The summed E-state index contributed by atoms with van der Waals surface area (Å²) in [6.45, 7) is 9.71. The van der Waals surface area contributed by atoms with Gasteiger partial charge in [0.05, 0.1) is 6.54 Å². The molecule has 2 heterocycles. The van der Waals surface area contributed by atoms with Crippen LogP contribution in [0, 0.1) is 0 Å². The molecule has 0 bridgehead atoms. The molecule has 1 aromatic carbocycles. The maximum Gasteiger partial charge on any atom is 0.253 e. The summed E-state index contributed by atoms with van der Waals surface area (Å²) in [7, 11) is 0. The van der Waals surface area contributed by atoms with Crippen LogP contribution in [0.1, 0.15) is 55.5 Å². The average molecular weight is 403 g/mol. The van der Waals surface area contributed by atoms with Crippen LogP contribution < -0.4 is 5.32 Å². The van der Waals surface area contributed by atoms with E-state index in [0.717, 1.165) is 68.4 Å². The number of hydrogen-bond donors (Lipinski definition) is 1. The highest BCUT2D eigenvalue weighted by molar-refractivity contribution is 8.00. The SMILES string of the molecule is CCNC(=NCc1cccc(C(=O)N2CCCCC2)c1)N1CCSC(CC)C1. The number of carbonyl (C=O) groups is 1. The van der Waals surface area contributed by atoms with Gasteiger partial charge in [0.15, 0.2) is 5.96 Å². The molecule has 154 valence electrons. The van der Waals surface area contributed by atoms with Gasteiger partial charge < -0.3 is 15.1 Å². The summed E-state index contributed by atoms with van der Waals surface area (Å²) in [4.78, 5) is 22.0. The number of thioether (sulfide) groups is 1. The largest absolute Gasteiger partial charge is 0.357 e. The van der Waals surface area contributed by atoms with Crippen LogP contribution in [0.5, 0.6) is 0 Å². The number of amides is 1. The number of guanidine groups is 1. The topological polar surface area (TPSA) is 47.9 Å². The Morgan fingerprint density at radius 2 is 2.00 bits per heavy atom. The van der Waals surface area contributed by atoms with Crippen molar-refractivity contribution in [3.8, 4) is 0 Å². The van der Waals surface area contributed by atoms with Gasteiger partial charge in [-0.2, -0.15) is 11.8 Å². The first-order chi connectivity index (χ1) is 13.7. The van der Waals surface area contributed by atoms with Crippen molar-refractivity contribution in [3.05, 3.63) is 35.4 Å². The van der Waals surface area contributed by atoms with Crippen LogP contribution in [0.15, 0.2) is 29.3 Å². The zero-order valence-corrected chi connectivity index (χ0v) is 18.1. The van der Waals surface area contributed by atoms with Crippen LogP contribution >= 0.6 is 11.8 Å². The van der Waals surface area contributed by atoms with E-state index >= 15 is 0 Å². The molecule has 1 aromatic rings. The molecule has 1 atom stereocenters. The zero-order valence-electron chi connectivity index (χ0n) is 17.3. The molecule has 2 aliphatic rings. The number of piperidine rings is 1. The number of aliphatic imine (C=N–C) groups is 1. The number of nitrogens with one attached hydrogen (secondary N) is 1. The van der Waals surface area contributed by atoms with E-state index in [4.69, 9.17) is 4.99 Å². The number of likely N-dealkylation sites (tertiary alicyclic amines) is 1. The number of hydrogen-bond acceptors (Lipinski definition) is 3. The Bertz CT molecular complexity index is 672. The smallest absolute Gasteiger partial charge is 0.253 e. The lowest BCUT2D eigenvalue weighted by Gasteiger charge is -2.34. The van der Waals surface area contributed by atoms with Crippen LogP contribution in [0.3, 0.4) is 0 Å². The van der Waals surface area contributed by atoms with Crippen molar-refractivity contribution in [2.24, 2.45) is 4.99 Å². The maximum absolute atomic E-state index is 12.8. The summed E-state index contributed by atoms with van der Waals surface area (Å²) < 4.78 is 0. The Labute approximate surface area is 174 Å². The summed E-state index contributed by atoms with van der Waals surface area (Å²) in [6.07, 6.45) is 4.67. The summed E-state index contributed by atoms with van der Waals surface area (Å²) >= 11 is 2.07. The highest BCUT2D eigenvalue weighted by Crippen LogP contribution is 2.21. The minimum absolute atomic E-state index is 0.163. The van der Waals surface area contributed by atoms with Gasteiger partial charge in [0.1, 0.15) is 0 Å². The van der Waals surface area contributed by atoms with E-state index in [1.807, 2.05) is 23.1 Å². The lowest BCUT2D eigenvalue weighted by molar-refractivity contribution is 0.0724. The molecule has 2 aliphatic heterocycles. The normalized spacial score (nSPS) is 20.9. The van der Waals surface area contributed by atoms with Gasteiger partial charge in [-0.3, -0.25) is 4.79 Å². The first kappa shape index (κ1) is 21.0. The fourth-order valence-corrected chi connectivity index (χ4v) is 5.01. The first-order valence-electron chi connectivity index (χ1n) is 10.7. The van der Waals surface area contributed by atoms with Crippen LogP contribution in [0.25, 0.3) is 0 Å². The van der Waals surface area contributed by atoms with Crippen LogP contribution in [-0.2, 0) is 6.54 Å². The second-order valence-corrected chi connectivity index (χ2v) is 8.98. The van der Waals surface area contributed by atoms with E-state index in [1.54, 1.807) is 0 Å². The molecule has 3 rings (SSSR count). The van der Waals surface area contributed by atoms with E-state index in [9.17, 15) is 4.79 Å². The van der Waals surface area contributed by atoms with Gasteiger partial charge in [-0.1, -0.05) is 19.1 Å². The third-order valence-corrected chi connectivity index (χ3v) is 6.83. The van der Waals surface area contributed by atoms with Crippen LogP contribution in [0.2, 0.25) is 0 Å². The Hall–Kier alpha value is -1.69. The zero-order chi connectivity index (χ0) is 19.8. The van der Waals surface area contributed by atoms with Gasteiger partial charge in [-0.25, -0.2) is 4.99 Å². The monoisotopic (exact) mass is 402 g/mol. The molecule has 5 nitrogen and oxygen atoms in total. The second kappa shape index (κ2) is 10.7. The molecular weight excluding hydrogens is 368 g/mol. The van der Waals surface area contributed by atoms with Crippen molar-refractivity contribution in [1.82, 2.24) is 15.1 Å². The first-order valence-corrected chi connectivity index (χ1v) is 11.8. The van der Waals surface area contributed by atoms with E-state index in [0.29, 0.717) is 11.8 Å². The minimum atomic E-state index is 0.163. The van der Waals surface area contributed by atoms with Crippen LogP contribution in [0.4, 0.5) is 0 Å². The summed E-state index contributed by atoms with van der Waals surface area (Å²) in [5.74, 6) is 2.31. The molecule has 2 saturated heterocycles. The Morgan fingerprint density at radius 3 is 2.75 bits per heavy atom. The number of rotatable bonds is 5. The number of carbonyl (C=O) groups excluding carboxylic acids is 1. The molecule has 6 heteroatoms. The van der Waals surface area contributed by atoms with E-state index < -0.39 is 0 Å². The number of nitrogens with zero attached hydrogens (tertiary/aromatic N) is 3. The Kier molecular flexibility index (Phi) is 8.07. The predicted octanol–water partition coefficient (Wildman–Crippen LogP) is 3.61. The van der Waals surface area contributed by atoms with Gasteiger partial charge in [-0.05, 0) is 50.3 Å². The van der Waals surface area contributed by atoms with Crippen molar-refractivity contribution < 1.29 is 4.79 Å². The van der Waals surface area contributed by atoms with Crippen molar-refractivity contribution in [3.63, 3.8) is 0 Å². The molecular formula is C22H34N4OS. The van der Waals surface area contributed by atoms with E-state index in [2.05, 4.69) is 41.9 Å². The molecule has 1 unspecified atom stereocenters. The van der Waals surface area contributed by atoms with Crippen molar-refractivity contribution in [1.29, 1.82) is 0 Å². The van der Waals surface area contributed by atoms with Crippen molar-refractivity contribution in [2.45, 2.75) is 51.3 Å². The average Bonchev–Trinajstić information content (AvgIpc) is 2.77. The standard InChI is InChI=1S/C22H34N4OS/c1-3-20-17-26(13-14-28-20)22(23-4-2)24-16-18-9-8-10-19(15-18)21(27)25-11-6-5-7-12-25/h8-10,15,20H,3-7,11-14,16-17H2,1-2H3,(H,23,24). The van der Waals surface area contributed by atoms with E-state index in [-0.39, 0.29) is 5.91 Å². The molecule has 1 amide bonds. The lowest BCUT2D eigenvalue weighted by Crippen LogP contribution is -2.48. The summed E-state index contributed by atoms with van der Waals surface area (Å²) in [6, 6.07) is 8.01. The quantitative estimate of drug-likeness (QED) is 0.604. The number of benzene rings is 1. The van der Waals surface area contributed by atoms with Crippen molar-refractivity contribution >= 4 is 23.6 Å². The fourth-order valence-electron chi connectivity index (χ4n) is 3.83. The third kappa shape index (κ3) is 5.66. The highest BCUT2D eigenvalue weighted by Gasteiger charge is 2.21. The highest BCUT2D eigenvalue weighted by atomic mass is 32.2. The fraction of sp³-hybridized carbons (Fsp3) is 0.636. The summed E-state index contributed by atoms with van der Waals surface area (Å²) in [5, 5.41) is 4.13. The molecule has 0 saturated carbocycles. The maximum atomic E-state index is 12.8. The van der Waals surface area contributed by atoms with Gasteiger partial charge in [0, 0.05) is 49.3 Å². The van der Waals surface area contributed by atoms with Crippen molar-refractivity contribution in [2.75, 3.05) is 38.5 Å². The molecule has 0 aromatic heterocycles.